The Bertz CT molecular complexity index is 951. The monoisotopic (exact) mass is 860 g/mol. The van der Waals surface area contributed by atoms with E-state index in [1.165, 1.54) is 218 Å². The quantitative estimate of drug-likeness (QED) is 0.0322. The molecule has 2 atom stereocenters. The minimum atomic E-state index is -0.846. The van der Waals surface area contributed by atoms with Crippen molar-refractivity contribution in [3.63, 3.8) is 0 Å². The molecular weight excluding hydrogens is 755 g/mol. The Labute approximate surface area is 380 Å². The minimum absolute atomic E-state index is 0.00321. The van der Waals surface area contributed by atoms with Crippen LogP contribution in [0.25, 0.3) is 0 Å². The first-order valence-corrected chi connectivity index (χ1v) is 27.1. The Kier molecular flexibility index (Phi) is 49.6. The van der Waals surface area contributed by atoms with E-state index in [2.05, 4.69) is 31.3 Å². The Morgan fingerprint density at radius 2 is 0.770 bits per heavy atom. The lowest BCUT2D eigenvalue weighted by atomic mass is 10.0. The molecule has 1 amide bonds. The smallest absolute Gasteiger partial charge is 0.305 e. The molecule has 0 aromatic carbocycles. The van der Waals surface area contributed by atoms with Gasteiger partial charge < -0.3 is 20.3 Å². The van der Waals surface area contributed by atoms with Gasteiger partial charge in [0.15, 0.2) is 0 Å². The lowest BCUT2D eigenvalue weighted by molar-refractivity contribution is -0.143. The van der Waals surface area contributed by atoms with Crippen LogP contribution in [-0.4, -0.2) is 47.4 Å². The highest BCUT2D eigenvalue weighted by atomic mass is 16.5. The van der Waals surface area contributed by atoms with Gasteiger partial charge in [0, 0.05) is 12.8 Å². The van der Waals surface area contributed by atoms with Crippen molar-refractivity contribution >= 4 is 11.9 Å². The van der Waals surface area contributed by atoms with E-state index in [0.717, 1.165) is 44.9 Å². The second kappa shape index (κ2) is 51.0. The highest BCUT2D eigenvalue weighted by molar-refractivity contribution is 5.76. The van der Waals surface area contributed by atoms with E-state index in [1.807, 2.05) is 6.08 Å². The number of unbranched alkanes of at least 4 members (excludes halogenated alkanes) is 37. The van der Waals surface area contributed by atoms with Crippen LogP contribution in [0.1, 0.15) is 290 Å². The number of nitrogens with one attached hydrogen (secondary N) is 1. The lowest BCUT2D eigenvalue weighted by Crippen LogP contribution is -2.45. The van der Waals surface area contributed by atoms with Crippen molar-refractivity contribution in [3.05, 3.63) is 24.3 Å². The van der Waals surface area contributed by atoms with Gasteiger partial charge in [0.05, 0.1) is 25.4 Å². The first-order valence-electron chi connectivity index (χ1n) is 27.1. The van der Waals surface area contributed by atoms with E-state index in [-0.39, 0.29) is 18.5 Å². The maximum atomic E-state index is 12.4. The summed E-state index contributed by atoms with van der Waals surface area (Å²) in [5.74, 6) is -0.0778. The number of carbonyl (C=O) groups excluding carboxylic acids is 2. The van der Waals surface area contributed by atoms with E-state index >= 15 is 0 Å². The van der Waals surface area contributed by atoms with E-state index < -0.39 is 12.1 Å². The van der Waals surface area contributed by atoms with E-state index in [1.54, 1.807) is 6.08 Å². The van der Waals surface area contributed by atoms with Crippen molar-refractivity contribution in [2.45, 2.75) is 302 Å². The molecule has 0 rings (SSSR count). The van der Waals surface area contributed by atoms with Crippen molar-refractivity contribution < 1.29 is 24.5 Å². The molecule has 0 saturated heterocycles. The fourth-order valence-electron chi connectivity index (χ4n) is 8.27. The Hall–Kier alpha value is -1.66. The van der Waals surface area contributed by atoms with Crippen molar-refractivity contribution in [1.29, 1.82) is 0 Å². The summed E-state index contributed by atoms with van der Waals surface area (Å²) in [4.78, 5) is 24.4. The molecule has 0 bridgehead atoms. The normalized spacial score (nSPS) is 12.8. The summed E-state index contributed by atoms with van der Waals surface area (Å²) in [6, 6.07) is -0.630. The molecule has 0 aliphatic heterocycles. The molecule has 6 heteroatoms. The minimum Gasteiger partial charge on any atom is -0.466 e. The Morgan fingerprint density at radius 1 is 0.443 bits per heavy atom. The van der Waals surface area contributed by atoms with Crippen LogP contribution >= 0.6 is 0 Å². The summed E-state index contributed by atoms with van der Waals surface area (Å²) >= 11 is 0. The largest absolute Gasteiger partial charge is 0.466 e. The van der Waals surface area contributed by atoms with Crippen LogP contribution in [0.15, 0.2) is 24.3 Å². The molecule has 3 N–H and O–H groups in total. The number of allylic oxidation sites excluding steroid dienone is 3. The maximum Gasteiger partial charge on any atom is 0.305 e. The van der Waals surface area contributed by atoms with Crippen LogP contribution in [0.4, 0.5) is 0 Å². The number of rotatable bonds is 50. The topological polar surface area (TPSA) is 95.9 Å². The summed E-state index contributed by atoms with van der Waals surface area (Å²) in [5, 5.41) is 23.0. The van der Waals surface area contributed by atoms with Gasteiger partial charge in [-0.15, -0.1) is 0 Å². The molecule has 0 spiro atoms. The Balaban J connectivity index is 3.42. The van der Waals surface area contributed by atoms with Crippen molar-refractivity contribution in [2.75, 3.05) is 13.2 Å². The third kappa shape index (κ3) is 47.7. The van der Waals surface area contributed by atoms with Crippen LogP contribution in [0.3, 0.4) is 0 Å². The third-order valence-electron chi connectivity index (χ3n) is 12.5. The molecular formula is C55H105NO5. The summed E-state index contributed by atoms with van der Waals surface area (Å²) in [6.07, 6.45) is 60.4. The molecule has 0 saturated carbocycles. The number of aliphatic hydroxyl groups is 2. The fraction of sp³-hybridized carbons (Fsp3) is 0.891. The maximum absolute atomic E-state index is 12.4. The molecule has 0 fully saturated rings. The standard InChI is InChI=1S/C55H105NO5/c1-3-5-7-9-11-13-15-16-17-22-25-29-33-37-41-45-49-55(60)61-50-46-42-38-34-30-26-23-20-18-19-21-24-28-32-36-40-44-48-54(59)56-52(51-57)53(58)47-43-39-35-31-27-14-12-10-8-6-4-2/h17,22,43,47,52-53,57-58H,3-16,18-21,23-42,44-46,48-51H2,1-2H3,(H,56,59)/b22-17-,47-43+. The van der Waals surface area contributed by atoms with Crippen LogP contribution in [-0.2, 0) is 14.3 Å². The molecule has 0 aromatic rings. The van der Waals surface area contributed by atoms with Gasteiger partial charge in [-0.2, -0.15) is 0 Å². The molecule has 0 aliphatic rings. The first kappa shape index (κ1) is 59.3. The van der Waals surface area contributed by atoms with E-state index in [4.69, 9.17) is 4.74 Å². The highest BCUT2D eigenvalue weighted by Gasteiger charge is 2.18. The number of esters is 1. The summed E-state index contributed by atoms with van der Waals surface area (Å²) in [6.45, 7) is 4.88. The number of hydrogen-bond acceptors (Lipinski definition) is 5. The number of amides is 1. The van der Waals surface area contributed by atoms with Gasteiger partial charge in [-0.1, -0.05) is 244 Å². The zero-order chi connectivity index (χ0) is 44.4. The van der Waals surface area contributed by atoms with Gasteiger partial charge in [-0.05, 0) is 57.8 Å². The van der Waals surface area contributed by atoms with Gasteiger partial charge in [0.2, 0.25) is 5.91 Å². The Morgan fingerprint density at radius 3 is 1.16 bits per heavy atom. The molecule has 360 valence electrons. The summed E-state index contributed by atoms with van der Waals surface area (Å²) < 4.78 is 5.47. The van der Waals surface area contributed by atoms with Crippen molar-refractivity contribution in [2.24, 2.45) is 0 Å². The summed E-state index contributed by atoms with van der Waals surface area (Å²) in [5.41, 5.74) is 0. The molecule has 0 aliphatic carbocycles. The van der Waals surface area contributed by atoms with Crippen molar-refractivity contribution in [3.8, 4) is 0 Å². The van der Waals surface area contributed by atoms with Crippen LogP contribution < -0.4 is 5.32 Å². The zero-order valence-corrected chi connectivity index (χ0v) is 40.9. The van der Waals surface area contributed by atoms with Crippen molar-refractivity contribution in [1.82, 2.24) is 5.32 Å². The van der Waals surface area contributed by atoms with E-state index in [0.29, 0.717) is 19.4 Å². The fourth-order valence-corrected chi connectivity index (χ4v) is 8.27. The summed E-state index contributed by atoms with van der Waals surface area (Å²) in [7, 11) is 0. The average Bonchev–Trinajstić information content (AvgIpc) is 3.26. The molecule has 2 unspecified atom stereocenters. The lowest BCUT2D eigenvalue weighted by Gasteiger charge is -2.20. The molecule has 0 heterocycles. The van der Waals surface area contributed by atoms with Crippen LogP contribution in [0.5, 0.6) is 0 Å². The van der Waals surface area contributed by atoms with Gasteiger partial charge in [-0.3, -0.25) is 9.59 Å². The first-order chi connectivity index (χ1) is 30.0. The van der Waals surface area contributed by atoms with Crippen LogP contribution in [0, 0.1) is 0 Å². The molecule has 61 heavy (non-hydrogen) atoms. The number of ether oxygens (including phenoxy) is 1. The SMILES string of the molecule is CCCCCCCCC/C=C\CCCCCCCC(=O)OCCCCCCCCCCCCCCCCCCCC(=O)NC(CO)C(O)/C=C/CCCCCCCCCCC. The third-order valence-corrected chi connectivity index (χ3v) is 12.5. The average molecular weight is 860 g/mol. The second-order valence-electron chi connectivity index (χ2n) is 18.6. The predicted molar refractivity (Wildman–Crippen MR) is 264 cm³/mol. The number of aliphatic hydroxyl groups excluding tert-OH is 2. The zero-order valence-electron chi connectivity index (χ0n) is 40.9. The molecule has 0 radical (unpaired) electrons. The van der Waals surface area contributed by atoms with E-state index in [9.17, 15) is 19.8 Å². The highest BCUT2D eigenvalue weighted by Crippen LogP contribution is 2.16. The molecule has 0 aromatic heterocycles. The van der Waals surface area contributed by atoms with Gasteiger partial charge in [0.1, 0.15) is 0 Å². The van der Waals surface area contributed by atoms with Gasteiger partial charge in [-0.25, -0.2) is 0 Å². The second-order valence-corrected chi connectivity index (χ2v) is 18.6. The van der Waals surface area contributed by atoms with Crippen LogP contribution in [0.2, 0.25) is 0 Å². The predicted octanol–water partition coefficient (Wildman–Crippen LogP) is 16.3. The number of hydrogen-bond donors (Lipinski definition) is 3. The van der Waals surface area contributed by atoms with Gasteiger partial charge in [0.25, 0.3) is 0 Å². The molecule has 6 nitrogen and oxygen atoms in total. The number of carbonyl (C=O) groups is 2. The van der Waals surface area contributed by atoms with Gasteiger partial charge >= 0.3 is 5.97 Å².